The van der Waals surface area contributed by atoms with Crippen LogP contribution in [0.5, 0.6) is 11.5 Å². The van der Waals surface area contributed by atoms with Crippen molar-refractivity contribution < 1.29 is 75.6 Å². The molecule has 31 heavy (non-hydrogen) atoms. The van der Waals surface area contributed by atoms with E-state index in [1.54, 1.807) is 0 Å². The molecule has 0 spiro atoms. The molecule has 1 aromatic rings. The number of rotatable bonds is 19. The summed E-state index contributed by atoms with van der Waals surface area (Å²) in [6.07, 6.45) is 20.1. The maximum Gasteiger partial charge on any atom is 1.00 e. The van der Waals surface area contributed by atoms with Crippen LogP contribution in [0, 0.1) is 0 Å². The zero-order valence-electron chi connectivity index (χ0n) is 20.8. The minimum Gasteiger partial charge on any atom is -1.00 e. The van der Waals surface area contributed by atoms with E-state index in [0.717, 1.165) is 25.0 Å². The fourth-order valence-corrected chi connectivity index (χ4v) is 4.64. The number of aromatic hydroxyl groups is 2. The maximum absolute atomic E-state index is 12.1. The van der Waals surface area contributed by atoms with Gasteiger partial charge in [0.05, 0.1) is 6.61 Å². The van der Waals surface area contributed by atoms with Gasteiger partial charge in [-0.3, -0.25) is 4.18 Å². The minimum absolute atomic E-state index is 0. The normalized spacial score (nSPS) is 11.4. The molecule has 0 fully saturated rings. The van der Waals surface area contributed by atoms with Crippen molar-refractivity contribution in [2.75, 3.05) is 6.61 Å². The summed E-state index contributed by atoms with van der Waals surface area (Å²) in [6, 6.07) is 3.36. The van der Waals surface area contributed by atoms with Crippen LogP contribution in [0.1, 0.15) is 111 Å². The van der Waals surface area contributed by atoms with Crippen LogP contribution in [0.4, 0.5) is 0 Å². The van der Waals surface area contributed by atoms with Gasteiger partial charge in [0.1, 0.15) is 16.4 Å². The zero-order chi connectivity index (χ0) is 22.1. The van der Waals surface area contributed by atoms with Gasteiger partial charge in [0.2, 0.25) is 0 Å². The number of hydrogen-bond acceptors (Lipinski definition) is 5. The van der Waals surface area contributed by atoms with E-state index in [1.165, 1.54) is 89.5 Å². The first-order valence-electron chi connectivity index (χ1n) is 11.9. The van der Waals surface area contributed by atoms with Crippen LogP contribution in [0.3, 0.4) is 0 Å². The Bertz CT molecular complexity index is 670. The standard InChI is InChI=1S/C24H42O5S.K.H/c1-2-3-4-5-6-7-8-9-10-11-12-13-14-15-16-17-20-29-30(27,28)24-21-22(25)18-19-23(24)26;;/h18-19,21,25-26H,2-17,20H2,1H3;;/q;+1;-1. The molecule has 176 valence electrons. The fourth-order valence-electron chi connectivity index (χ4n) is 3.59. The Balaban J connectivity index is 0. The summed E-state index contributed by atoms with van der Waals surface area (Å²) in [4.78, 5) is -0.390. The van der Waals surface area contributed by atoms with Crippen molar-refractivity contribution >= 4 is 10.1 Å². The Kier molecular flexibility index (Phi) is 20.0. The Hall–Kier alpha value is 0.366. The molecule has 0 radical (unpaired) electrons. The molecule has 5 nitrogen and oxygen atoms in total. The van der Waals surface area contributed by atoms with Crippen LogP contribution in [-0.2, 0) is 14.3 Å². The smallest absolute Gasteiger partial charge is 1.00 e. The largest absolute Gasteiger partial charge is 1.00 e. The van der Waals surface area contributed by atoms with E-state index in [0.29, 0.717) is 6.42 Å². The average Bonchev–Trinajstić information content (AvgIpc) is 2.72. The van der Waals surface area contributed by atoms with Crippen LogP contribution in [0.2, 0.25) is 0 Å². The average molecular weight is 483 g/mol. The van der Waals surface area contributed by atoms with E-state index in [9.17, 15) is 18.6 Å². The van der Waals surface area contributed by atoms with Crippen molar-refractivity contribution in [3.8, 4) is 11.5 Å². The molecule has 1 rings (SSSR count). The predicted octanol–water partition coefficient (Wildman–Crippen LogP) is 4.18. The van der Waals surface area contributed by atoms with Crippen LogP contribution in [-0.4, -0.2) is 25.2 Å². The van der Waals surface area contributed by atoms with Crippen LogP contribution >= 0.6 is 0 Å². The number of phenols is 2. The zero-order valence-corrected chi connectivity index (χ0v) is 23.7. The number of benzene rings is 1. The Morgan fingerprint density at radius 3 is 1.61 bits per heavy atom. The molecule has 0 aliphatic rings. The van der Waals surface area contributed by atoms with Gasteiger partial charge in [-0.05, 0) is 18.6 Å². The molecular weight excluding hydrogens is 439 g/mol. The molecule has 0 amide bonds. The quantitative estimate of drug-likeness (QED) is 0.134. The van der Waals surface area contributed by atoms with E-state index in [1.807, 2.05) is 0 Å². The third kappa shape index (κ3) is 15.8. The van der Waals surface area contributed by atoms with Gasteiger partial charge in [0.25, 0.3) is 0 Å². The molecular formula is C24H43KO5S. The molecule has 0 aliphatic carbocycles. The van der Waals surface area contributed by atoms with Crippen molar-refractivity contribution in [3.63, 3.8) is 0 Å². The summed E-state index contributed by atoms with van der Waals surface area (Å²) in [5.41, 5.74) is 0. The molecule has 0 atom stereocenters. The second-order valence-electron chi connectivity index (χ2n) is 8.23. The second-order valence-corrected chi connectivity index (χ2v) is 9.82. The first kappa shape index (κ1) is 31.4. The van der Waals surface area contributed by atoms with Gasteiger partial charge < -0.3 is 11.6 Å². The summed E-state index contributed by atoms with van der Waals surface area (Å²) in [5, 5.41) is 19.0. The molecule has 1 aromatic carbocycles. The van der Waals surface area contributed by atoms with E-state index in [2.05, 4.69) is 6.92 Å². The predicted molar refractivity (Wildman–Crippen MR) is 124 cm³/mol. The second kappa shape index (κ2) is 19.8. The van der Waals surface area contributed by atoms with Crippen LogP contribution < -0.4 is 51.4 Å². The van der Waals surface area contributed by atoms with Crippen LogP contribution in [0.15, 0.2) is 23.1 Å². The summed E-state index contributed by atoms with van der Waals surface area (Å²) < 4.78 is 29.1. The van der Waals surface area contributed by atoms with Gasteiger partial charge in [-0.2, -0.15) is 8.42 Å². The molecule has 0 aromatic heterocycles. The Morgan fingerprint density at radius 1 is 0.742 bits per heavy atom. The number of hydrogen-bond donors (Lipinski definition) is 2. The minimum atomic E-state index is -4.04. The van der Waals surface area contributed by atoms with Crippen LogP contribution in [0.25, 0.3) is 0 Å². The van der Waals surface area contributed by atoms with Gasteiger partial charge in [-0.15, -0.1) is 0 Å². The fraction of sp³-hybridized carbons (Fsp3) is 0.750. The molecule has 2 N–H and O–H groups in total. The van der Waals surface area contributed by atoms with Crippen molar-refractivity contribution in [1.29, 1.82) is 0 Å². The van der Waals surface area contributed by atoms with E-state index in [-0.39, 0.29) is 70.1 Å². The van der Waals surface area contributed by atoms with Gasteiger partial charge >= 0.3 is 61.5 Å². The molecule has 0 bridgehead atoms. The van der Waals surface area contributed by atoms with Gasteiger partial charge in [0, 0.05) is 6.07 Å². The maximum atomic E-state index is 12.1. The monoisotopic (exact) mass is 482 g/mol. The summed E-state index contributed by atoms with van der Waals surface area (Å²) in [7, 11) is -4.04. The Morgan fingerprint density at radius 2 is 1.16 bits per heavy atom. The van der Waals surface area contributed by atoms with Crippen molar-refractivity contribution in [2.24, 2.45) is 0 Å². The van der Waals surface area contributed by atoms with Gasteiger partial charge in [0.15, 0.2) is 0 Å². The summed E-state index contributed by atoms with van der Waals surface area (Å²) >= 11 is 0. The first-order chi connectivity index (χ1) is 14.5. The summed E-state index contributed by atoms with van der Waals surface area (Å²) in [6.45, 7) is 2.35. The third-order valence-corrected chi connectivity index (χ3v) is 6.79. The van der Waals surface area contributed by atoms with Crippen molar-refractivity contribution in [1.82, 2.24) is 0 Å². The molecule has 0 saturated heterocycles. The third-order valence-electron chi connectivity index (χ3n) is 5.45. The van der Waals surface area contributed by atoms with Crippen molar-refractivity contribution in [3.05, 3.63) is 18.2 Å². The van der Waals surface area contributed by atoms with E-state index < -0.39 is 15.9 Å². The number of phenolic OH excluding ortho intramolecular Hbond substituents is 2. The Labute approximate surface area is 234 Å². The van der Waals surface area contributed by atoms with Gasteiger partial charge in [-0.1, -0.05) is 103 Å². The first-order valence-corrected chi connectivity index (χ1v) is 13.3. The van der Waals surface area contributed by atoms with Crippen molar-refractivity contribution in [2.45, 2.75) is 115 Å². The van der Waals surface area contributed by atoms with Gasteiger partial charge in [-0.25, -0.2) is 0 Å². The molecule has 0 unspecified atom stereocenters. The molecule has 7 heteroatoms. The summed E-state index contributed by atoms with van der Waals surface area (Å²) in [5.74, 6) is -0.642. The number of unbranched alkanes of at least 4 members (excludes halogenated alkanes) is 15. The van der Waals surface area contributed by atoms with E-state index >= 15 is 0 Å². The molecule has 0 heterocycles. The topological polar surface area (TPSA) is 83.8 Å². The van der Waals surface area contributed by atoms with E-state index in [4.69, 9.17) is 4.18 Å². The SMILES string of the molecule is CCCCCCCCCCCCCCCCCCOS(=O)(=O)c1cc(O)ccc1O.[H-].[K+]. The molecule has 0 saturated carbocycles. The molecule has 0 aliphatic heterocycles.